The van der Waals surface area contributed by atoms with Crippen molar-refractivity contribution in [2.75, 3.05) is 13.2 Å². The third kappa shape index (κ3) is 3.42. The van der Waals surface area contributed by atoms with Crippen molar-refractivity contribution in [1.82, 2.24) is 5.32 Å². The molecule has 3 N–H and O–H groups in total. The number of unbranched alkanes of at least 4 members (excludes halogenated alkanes) is 1. The minimum atomic E-state index is -0.528. The Hall–Kier alpha value is -1.75. The van der Waals surface area contributed by atoms with Gasteiger partial charge in [-0.2, -0.15) is 0 Å². The van der Waals surface area contributed by atoms with Crippen LogP contribution in [0.25, 0.3) is 0 Å². The number of ether oxygens (including phenoxy) is 2. The van der Waals surface area contributed by atoms with Crippen molar-refractivity contribution < 1.29 is 14.3 Å². The first-order valence-corrected chi connectivity index (χ1v) is 7.08. The Labute approximate surface area is 119 Å². The van der Waals surface area contributed by atoms with Crippen LogP contribution in [-0.2, 0) is 4.79 Å². The number of amides is 1. The van der Waals surface area contributed by atoms with E-state index in [1.165, 1.54) is 0 Å². The van der Waals surface area contributed by atoms with Gasteiger partial charge in [-0.05, 0) is 25.5 Å². The molecule has 0 aliphatic carbocycles. The molecule has 1 aliphatic heterocycles. The summed E-state index contributed by atoms with van der Waals surface area (Å²) >= 11 is 0. The van der Waals surface area contributed by atoms with Gasteiger partial charge < -0.3 is 20.5 Å². The van der Waals surface area contributed by atoms with Gasteiger partial charge in [0.1, 0.15) is 18.1 Å². The summed E-state index contributed by atoms with van der Waals surface area (Å²) < 4.78 is 11.1. The molecule has 5 nitrogen and oxygen atoms in total. The second kappa shape index (κ2) is 6.61. The summed E-state index contributed by atoms with van der Waals surface area (Å²) in [6.07, 6.45) is 1.50. The third-order valence-electron chi connectivity index (χ3n) is 3.31. The fourth-order valence-electron chi connectivity index (χ4n) is 2.08. The van der Waals surface area contributed by atoms with Gasteiger partial charge in [0.05, 0.1) is 6.04 Å². The van der Waals surface area contributed by atoms with Gasteiger partial charge in [0.15, 0.2) is 6.10 Å². The third-order valence-corrected chi connectivity index (χ3v) is 3.31. The number of carbonyl (C=O) groups excluding carboxylic acids is 1. The minimum absolute atomic E-state index is 0.0752. The fourth-order valence-corrected chi connectivity index (χ4v) is 2.08. The van der Waals surface area contributed by atoms with Crippen molar-refractivity contribution in [1.29, 1.82) is 0 Å². The van der Waals surface area contributed by atoms with Crippen molar-refractivity contribution in [3.63, 3.8) is 0 Å². The van der Waals surface area contributed by atoms with E-state index < -0.39 is 6.10 Å². The second-order valence-corrected chi connectivity index (χ2v) is 5.02. The maximum absolute atomic E-state index is 11.8. The molecule has 110 valence electrons. The van der Waals surface area contributed by atoms with E-state index >= 15 is 0 Å². The lowest BCUT2D eigenvalue weighted by atomic mass is 10.1. The molecule has 0 saturated carbocycles. The normalized spacial score (nSPS) is 18.1. The van der Waals surface area contributed by atoms with E-state index in [1.807, 2.05) is 12.1 Å². The van der Waals surface area contributed by atoms with Crippen molar-refractivity contribution >= 4 is 5.91 Å². The maximum Gasteiger partial charge on any atom is 0.260 e. The standard InChI is InChI=1S/C15H22N2O3/c1-3-4-7-17-15(18)10(2)20-11-5-6-12-13(16)9-19-14(12)8-11/h5-6,8,10,13H,3-4,7,9,16H2,1-2H3,(H,17,18). The molecule has 1 aromatic rings. The molecule has 2 atom stereocenters. The number of benzene rings is 1. The van der Waals surface area contributed by atoms with E-state index in [0.717, 1.165) is 24.2 Å². The van der Waals surface area contributed by atoms with Crippen molar-refractivity contribution in [3.8, 4) is 11.5 Å². The molecule has 0 saturated heterocycles. The highest BCUT2D eigenvalue weighted by Crippen LogP contribution is 2.34. The molecule has 0 fully saturated rings. The van der Waals surface area contributed by atoms with E-state index in [-0.39, 0.29) is 11.9 Å². The van der Waals surface area contributed by atoms with E-state index in [0.29, 0.717) is 18.9 Å². The highest BCUT2D eigenvalue weighted by Gasteiger charge is 2.22. The number of hydrogen-bond donors (Lipinski definition) is 2. The van der Waals surface area contributed by atoms with Gasteiger partial charge in [-0.3, -0.25) is 4.79 Å². The van der Waals surface area contributed by atoms with Crippen molar-refractivity contribution in [2.45, 2.75) is 38.8 Å². The average Bonchev–Trinajstić information content (AvgIpc) is 2.80. The first-order valence-electron chi connectivity index (χ1n) is 7.08. The van der Waals surface area contributed by atoms with Crippen LogP contribution in [0.4, 0.5) is 0 Å². The molecule has 1 aliphatic rings. The molecule has 0 aromatic heterocycles. The van der Waals surface area contributed by atoms with Crippen LogP contribution < -0.4 is 20.5 Å². The molecule has 0 bridgehead atoms. The van der Waals surface area contributed by atoms with E-state index in [1.54, 1.807) is 13.0 Å². The summed E-state index contributed by atoms with van der Waals surface area (Å²) in [7, 11) is 0. The molecule has 1 amide bonds. The van der Waals surface area contributed by atoms with Crippen LogP contribution in [0, 0.1) is 0 Å². The number of rotatable bonds is 6. The minimum Gasteiger partial charge on any atom is -0.491 e. The van der Waals surface area contributed by atoms with Gasteiger partial charge in [-0.25, -0.2) is 0 Å². The monoisotopic (exact) mass is 278 g/mol. The number of fused-ring (bicyclic) bond motifs is 1. The Morgan fingerprint density at radius 2 is 2.40 bits per heavy atom. The predicted octanol–water partition coefficient (Wildman–Crippen LogP) is 1.76. The van der Waals surface area contributed by atoms with Crippen LogP contribution in [-0.4, -0.2) is 25.2 Å². The van der Waals surface area contributed by atoms with Crippen LogP contribution in [0.2, 0.25) is 0 Å². The Morgan fingerprint density at radius 1 is 1.60 bits per heavy atom. The molecule has 0 spiro atoms. The lowest BCUT2D eigenvalue weighted by molar-refractivity contribution is -0.127. The topological polar surface area (TPSA) is 73.6 Å². The van der Waals surface area contributed by atoms with Gasteiger partial charge in [0, 0.05) is 18.2 Å². The summed E-state index contributed by atoms with van der Waals surface area (Å²) in [6.45, 7) is 5.00. The van der Waals surface area contributed by atoms with Crippen LogP contribution in [0.3, 0.4) is 0 Å². The van der Waals surface area contributed by atoms with Gasteiger partial charge in [0.2, 0.25) is 0 Å². The molecular weight excluding hydrogens is 256 g/mol. The SMILES string of the molecule is CCCCNC(=O)C(C)Oc1ccc2c(c1)OCC2N. The zero-order valence-electron chi connectivity index (χ0n) is 12.0. The van der Waals surface area contributed by atoms with Gasteiger partial charge in [-0.1, -0.05) is 13.3 Å². The summed E-state index contributed by atoms with van der Waals surface area (Å²) in [4.78, 5) is 11.8. The molecule has 1 heterocycles. The summed E-state index contributed by atoms with van der Waals surface area (Å²) in [5.41, 5.74) is 6.87. The quantitative estimate of drug-likeness (QED) is 0.778. The molecule has 2 unspecified atom stereocenters. The maximum atomic E-state index is 11.8. The Kier molecular flexibility index (Phi) is 4.84. The van der Waals surface area contributed by atoms with Crippen LogP contribution in [0.1, 0.15) is 38.3 Å². The zero-order chi connectivity index (χ0) is 14.5. The van der Waals surface area contributed by atoms with Crippen molar-refractivity contribution in [3.05, 3.63) is 23.8 Å². The molecule has 5 heteroatoms. The number of hydrogen-bond acceptors (Lipinski definition) is 4. The number of nitrogens with one attached hydrogen (secondary N) is 1. The number of nitrogens with two attached hydrogens (primary N) is 1. The number of carbonyl (C=O) groups is 1. The Morgan fingerprint density at radius 3 is 3.15 bits per heavy atom. The summed E-state index contributed by atoms with van der Waals surface area (Å²) in [5.74, 6) is 1.26. The van der Waals surface area contributed by atoms with Gasteiger partial charge in [-0.15, -0.1) is 0 Å². The summed E-state index contributed by atoms with van der Waals surface area (Å²) in [6, 6.07) is 5.43. The highest BCUT2D eigenvalue weighted by molar-refractivity contribution is 5.80. The molecule has 2 rings (SSSR count). The lowest BCUT2D eigenvalue weighted by Crippen LogP contribution is -2.36. The fraction of sp³-hybridized carbons (Fsp3) is 0.533. The molecule has 20 heavy (non-hydrogen) atoms. The van der Waals surface area contributed by atoms with E-state index in [4.69, 9.17) is 15.2 Å². The first-order chi connectivity index (χ1) is 9.61. The molecule has 0 radical (unpaired) electrons. The van der Waals surface area contributed by atoms with Crippen LogP contribution >= 0.6 is 0 Å². The largest absolute Gasteiger partial charge is 0.491 e. The van der Waals surface area contributed by atoms with Crippen LogP contribution in [0.15, 0.2) is 18.2 Å². The average molecular weight is 278 g/mol. The molecular formula is C15H22N2O3. The molecule has 1 aromatic carbocycles. The lowest BCUT2D eigenvalue weighted by Gasteiger charge is -2.15. The smallest absolute Gasteiger partial charge is 0.260 e. The van der Waals surface area contributed by atoms with E-state index in [9.17, 15) is 4.79 Å². The predicted molar refractivity (Wildman–Crippen MR) is 76.9 cm³/mol. The van der Waals surface area contributed by atoms with E-state index in [2.05, 4.69) is 12.2 Å². The highest BCUT2D eigenvalue weighted by atomic mass is 16.5. The Balaban J connectivity index is 1.91. The van der Waals surface area contributed by atoms with Crippen molar-refractivity contribution in [2.24, 2.45) is 5.73 Å². The Bertz CT molecular complexity index is 476. The second-order valence-electron chi connectivity index (χ2n) is 5.02. The summed E-state index contributed by atoms with van der Waals surface area (Å²) in [5, 5.41) is 2.85. The van der Waals surface area contributed by atoms with Gasteiger partial charge >= 0.3 is 0 Å². The van der Waals surface area contributed by atoms with Gasteiger partial charge in [0.25, 0.3) is 5.91 Å². The first kappa shape index (κ1) is 14.7. The zero-order valence-corrected chi connectivity index (χ0v) is 12.0. The van der Waals surface area contributed by atoms with Crippen LogP contribution in [0.5, 0.6) is 11.5 Å².